The molecular weight excluding hydrogens is 200 g/mol. The molecule has 0 radical (unpaired) electrons. The molecule has 0 unspecified atom stereocenters. The number of carbonyl (C=O) groups is 1. The van der Waals surface area contributed by atoms with Crippen LogP contribution in [0.1, 0.15) is 31.9 Å². The van der Waals surface area contributed by atoms with Crippen molar-refractivity contribution < 1.29 is 4.79 Å². The predicted molar refractivity (Wildman–Crippen MR) is 62.4 cm³/mol. The number of rotatable bonds is 4. The fourth-order valence-electron chi connectivity index (χ4n) is 1.70. The Labute approximate surface area is 96.1 Å². The Kier molecular flexibility index (Phi) is 4.53. The maximum absolute atomic E-state index is 11.1. The molecule has 1 N–H and O–H groups in total. The molecular formula is C13H16N2O. The highest BCUT2D eigenvalue weighted by molar-refractivity contribution is 5.73. The van der Waals surface area contributed by atoms with Gasteiger partial charge in [0.1, 0.15) is 0 Å². The summed E-state index contributed by atoms with van der Waals surface area (Å²) in [6.07, 6.45) is 0.430. The van der Waals surface area contributed by atoms with E-state index in [0.717, 1.165) is 5.56 Å². The van der Waals surface area contributed by atoms with E-state index < -0.39 is 0 Å². The van der Waals surface area contributed by atoms with E-state index in [1.807, 2.05) is 37.3 Å². The fourth-order valence-corrected chi connectivity index (χ4v) is 1.70. The first-order chi connectivity index (χ1) is 7.65. The summed E-state index contributed by atoms with van der Waals surface area (Å²) in [4.78, 5) is 11.1. The third-order valence-electron chi connectivity index (χ3n) is 2.50. The Hall–Kier alpha value is -1.82. The molecule has 0 bridgehead atoms. The van der Waals surface area contributed by atoms with Crippen molar-refractivity contribution in [2.24, 2.45) is 5.92 Å². The molecule has 0 spiro atoms. The fraction of sp³-hybridized carbons (Fsp3) is 0.385. The number of nitriles is 1. The molecule has 0 aliphatic carbocycles. The predicted octanol–water partition coefficient (Wildman–Crippen LogP) is 2.41. The van der Waals surface area contributed by atoms with Crippen LogP contribution < -0.4 is 5.32 Å². The van der Waals surface area contributed by atoms with Gasteiger partial charge in [0.25, 0.3) is 0 Å². The molecule has 0 saturated carbocycles. The highest BCUT2D eigenvalue weighted by Gasteiger charge is 2.19. The van der Waals surface area contributed by atoms with Crippen LogP contribution in [0.4, 0.5) is 0 Å². The zero-order valence-corrected chi connectivity index (χ0v) is 9.60. The second kappa shape index (κ2) is 5.92. The van der Waals surface area contributed by atoms with Crippen LogP contribution in [-0.4, -0.2) is 5.91 Å². The van der Waals surface area contributed by atoms with Crippen molar-refractivity contribution in [1.82, 2.24) is 5.32 Å². The number of amides is 1. The summed E-state index contributed by atoms with van der Waals surface area (Å²) in [6, 6.07) is 11.8. The van der Waals surface area contributed by atoms with Crippen LogP contribution in [0.3, 0.4) is 0 Å². The topological polar surface area (TPSA) is 52.9 Å². The van der Waals surface area contributed by atoms with Gasteiger partial charge in [0, 0.05) is 13.3 Å². The van der Waals surface area contributed by atoms with Crippen molar-refractivity contribution in [2.45, 2.75) is 26.3 Å². The van der Waals surface area contributed by atoms with Gasteiger partial charge < -0.3 is 5.32 Å². The van der Waals surface area contributed by atoms with E-state index in [4.69, 9.17) is 5.26 Å². The molecule has 1 aromatic carbocycles. The molecule has 3 nitrogen and oxygen atoms in total. The van der Waals surface area contributed by atoms with E-state index in [0.29, 0.717) is 6.42 Å². The van der Waals surface area contributed by atoms with Crippen molar-refractivity contribution in [3.8, 4) is 6.07 Å². The number of carbonyl (C=O) groups excluding carboxylic acids is 1. The van der Waals surface area contributed by atoms with Crippen LogP contribution in [0.25, 0.3) is 0 Å². The number of nitrogens with zero attached hydrogens (tertiary/aromatic N) is 1. The largest absolute Gasteiger partial charge is 0.349 e. The summed E-state index contributed by atoms with van der Waals surface area (Å²) in [5.74, 6) is 0.0370. The van der Waals surface area contributed by atoms with Crippen LogP contribution in [0, 0.1) is 17.2 Å². The Bertz CT molecular complexity index is 381. The number of hydrogen-bond donors (Lipinski definition) is 1. The van der Waals surface area contributed by atoms with Crippen LogP contribution >= 0.6 is 0 Å². The highest BCUT2D eigenvalue weighted by atomic mass is 16.1. The average molecular weight is 216 g/mol. The normalized spacial score (nSPS) is 13.6. The third kappa shape index (κ3) is 3.39. The lowest BCUT2D eigenvalue weighted by molar-refractivity contribution is -0.120. The molecule has 3 heteroatoms. The molecule has 0 saturated heterocycles. The molecule has 1 aromatic rings. The van der Waals surface area contributed by atoms with Gasteiger partial charge in [0.2, 0.25) is 5.91 Å². The van der Waals surface area contributed by atoms with Crippen molar-refractivity contribution in [1.29, 1.82) is 5.26 Å². The van der Waals surface area contributed by atoms with E-state index in [1.165, 1.54) is 6.92 Å². The maximum Gasteiger partial charge on any atom is 0.217 e. The van der Waals surface area contributed by atoms with Gasteiger partial charge in [-0.15, -0.1) is 0 Å². The SMILES string of the molecule is CC(=O)N[C@H](c1ccccc1)[C@@H](C)CC#N. The number of nitrogens with one attached hydrogen (secondary N) is 1. The summed E-state index contributed by atoms with van der Waals surface area (Å²) in [7, 11) is 0. The first-order valence-electron chi connectivity index (χ1n) is 5.34. The van der Waals surface area contributed by atoms with E-state index in [1.54, 1.807) is 0 Å². The molecule has 84 valence electrons. The maximum atomic E-state index is 11.1. The molecule has 0 aliphatic heterocycles. The van der Waals surface area contributed by atoms with Gasteiger partial charge in [-0.25, -0.2) is 0 Å². The minimum absolute atomic E-state index is 0.0707. The summed E-state index contributed by atoms with van der Waals surface area (Å²) in [5, 5.41) is 11.6. The molecule has 16 heavy (non-hydrogen) atoms. The van der Waals surface area contributed by atoms with Crippen molar-refractivity contribution >= 4 is 5.91 Å². The van der Waals surface area contributed by atoms with Crippen molar-refractivity contribution in [3.63, 3.8) is 0 Å². The van der Waals surface area contributed by atoms with Crippen LogP contribution in [0.2, 0.25) is 0 Å². The second-order valence-electron chi connectivity index (χ2n) is 3.93. The van der Waals surface area contributed by atoms with Crippen LogP contribution in [0.5, 0.6) is 0 Å². The third-order valence-corrected chi connectivity index (χ3v) is 2.50. The zero-order valence-electron chi connectivity index (χ0n) is 9.60. The average Bonchev–Trinajstić information content (AvgIpc) is 2.27. The monoisotopic (exact) mass is 216 g/mol. The minimum Gasteiger partial charge on any atom is -0.349 e. The Morgan fingerprint density at radius 2 is 2.06 bits per heavy atom. The summed E-state index contributed by atoms with van der Waals surface area (Å²) >= 11 is 0. The van der Waals surface area contributed by atoms with Gasteiger partial charge in [-0.2, -0.15) is 5.26 Å². The van der Waals surface area contributed by atoms with Gasteiger partial charge in [-0.05, 0) is 11.5 Å². The molecule has 1 amide bonds. The van der Waals surface area contributed by atoms with Crippen molar-refractivity contribution in [2.75, 3.05) is 0 Å². The highest BCUT2D eigenvalue weighted by Crippen LogP contribution is 2.23. The second-order valence-corrected chi connectivity index (χ2v) is 3.93. The van der Waals surface area contributed by atoms with Gasteiger partial charge in [0.05, 0.1) is 12.1 Å². The van der Waals surface area contributed by atoms with Crippen LogP contribution in [-0.2, 0) is 4.79 Å². The summed E-state index contributed by atoms with van der Waals surface area (Å²) < 4.78 is 0. The van der Waals surface area contributed by atoms with E-state index in [-0.39, 0.29) is 17.9 Å². The summed E-state index contributed by atoms with van der Waals surface area (Å²) in [5.41, 5.74) is 1.04. The first-order valence-corrected chi connectivity index (χ1v) is 5.34. The van der Waals surface area contributed by atoms with Crippen molar-refractivity contribution in [3.05, 3.63) is 35.9 Å². The lowest BCUT2D eigenvalue weighted by atomic mass is 9.92. The molecule has 0 fully saturated rings. The van der Waals surface area contributed by atoms with Gasteiger partial charge in [-0.1, -0.05) is 37.3 Å². The number of hydrogen-bond acceptors (Lipinski definition) is 2. The minimum atomic E-state index is -0.0849. The molecule has 0 heterocycles. The Morgan fingerprint density at radius 1 is 1.44 bits per heavy atom. The lowest BCUT2D eigenvalue weighted by Crippen LogP contribution is -2.30. The Morgan fingerprint density at radius 3 is 2.56 bits per heavy atom. The molecule has 0 aromatic heterocycles. The lowest BCUT2D eigenvalue weighted by Gasteiger charge is -2.23. The van der Waals surface area contributed by atoms with Gasteiger partial charge in [-0.3, -0.25) is 4.79 Å². The van der Waals surface area contributed by atoms with Gasteiger partial charge >= 0.3 is 0 Å². The van der Waals surface area contributed by atoms with E-state index in [9.17, 15) is 4.79 Å². The standard InChI is InChI=1S/C13H16N2O/c1-10(8-9-14)13(15-11(2)16)12-6-4-3-5-7-12/h3-7,10,13H,8H2,1-2H3,(H,15,16)/t10-,13-/m0/s1. The molecule has 1 rings (SSSR count). The van der Waals surface area contributed by atoms with E-state index >= 15 is 0 Å². The zero-order chi connectivity index (χ0) is 12.0. The Balaban J connectivity index is 2.88. The molecule has 0 aliphatic rings. The van der Waals surface area contributed by atoms with E-state index in [2.05, 4.69) is 11.4 Å². The quantitative estimate of drug-likeness (QED) is 0.840. The van der Waals surface area contributed by atoms with Crippen LogP contribution in [0.15, 0.2) is 30.3 Å². The smallest absolute Gasteiger partial charge is 0.217 e. The summed E-state index contributed by atoms with van der Waals surface area (Å²) in [6.45, 7) is 3.46. The first kappa shape index (κ1) is 12.3. The number of benzene rings is 1. The molecule has 2 atom stereocenters. The van der Waals surface area contributed by atoms with Gasteiger partial charge in [0.15, 0.2) is 0 Å².